The number of rotatable bonds is 8. The van der Waals surface area contributed by atoms with Crippen molar-refractivity contribution in [3.05, 3.63) is 61.8 Å². The van der Waals surface area contributed by atoms with E-state index in [0.29, 0.717) is 19.5 Å². The molecule has 146 valence electrons. The van der Waals surface area contributed by atoms with E-state index in [9.17, 15) is 14.4 Å². The van der Waals surface area contributed by atoms with Gasteiger partial charge < -0.3 is 5.73 Å². The highest BCUT2D eigenvalue weighted by Crippen LogP contribution is 2.10. The topological polar surface area (TPSA) is 90.3 Å². The number of nitrogen functional groups attached to an aromatic ring is 1. The van der Waals surface area contributed by atoms with Gasteiger partial charge in [-0.3, -0.25) is 23.6 Å². The number of nitrogens with two attached hydrogens (primary N) is 1. The lowest BCUT2D eigenvalue weighted by atomic mass is 10.1. The van der Waals surface area contributed by atoms with E-state index in [1.165, 1.54) is 17.2 Å². The van der Waals surface area contributed by atoms with Gasteiger partial charge in [0.15, 0.2) is 5.78 Å². The summed E-state index contributed by atoms with van der Waals surface area (Å²) in [5.41, 5.74) is 7.10. The van der Waals surface area contributed by atoms with E-state index >= 15 is 0 Å². The van der Waals surface area contributed by atoms with E-state index in [1.54, 1.807) is 0 Å². The maximum atomic E-state index is 12.8. The third-order valence-electron chi connectivity index (χ3n) is 4.61. The summed E-state index contributed by atoms with van der Waals surface area (Å²) < 4.78 is 2.24. The van der Waals surface area contributed by atoms with Crippen LogP contribution >= 0.6 is 0 Å². The molecular formula is C20H28N4O3. The minimum absolute atomic E-state index is 0.0410. The zero-order valence-electron chi connectivity index (χ0n) is 16.5. The number of carbonyl (C=O) groups is 1. The van der Waals surface area contributed by atoms with E-state index in [2.05, 4.69) is 19.1 Å². The van der Waals surface area contributed by atoms with Crippen molar-refractivity contribution in [1.29, 1.82) is 0 Å². The fraction of sp³-hybridized carbons (Fsp3) is 0.450. The van der Waals surface area contributed by atoms with E-state index in [0.717, 1.165) is 16.6 Å². The van der Waals surface area contributed by atoms with Gasteiger partial charge in [-0.1, -0.05) is 38.1 Å². The summed E-state index contributed by atoms with van der Waals surface area (Å²) in [5, 5.41) is 0. The smallest absolute Gasteiger partial charge is 0.332 e. The molecule has 0 amide bonds. The second kappa shape index (κ2) is 8.81. The number of Topliss-reactive ketones (excluding diaryl/α,β-unsaturated/α-hetero) is 1. The maximum absolute atomic E-state index is 12.8. The van der Waals surface area contributed by atoms with Crippen molar-refractivity contribution < 1.29 is 4.79 Å². The van der Waals surface area contributed by atoms with Gasteiger partial charge in [0.1, 0.15) is 11.4 Å². The Morgan fingerprint density at radius 2 is 1.70 bits per heavy atom. The summed E-state index contributed by atoms with van der Waals surface area (Å²) in [6, 6.07) is 8.21. The standard InChI is InChI=1S/C20H28N4O3/c1-5-11-24-18(21)17(19(26)23(4)20(24)27)16(25)13-22(3)12-15-9-7-14(6-2)8-10-15/h7-10H,5-6,11-13,21H2,1-4H3. The van der Waals surface area contributed by atoms with Crippen LogP contribution in [0, 0.1) is 0 Å². The molecule has 0 aliphatic heterocycles. The summed E-state index contributed by atoms with van der Waals surface area (Å²) in [6.07, 6.45) is 1.65. The van der Waals surface area contributed by atoms with E-state index in [4.69, 9.17) is 5.73 Å². The van der Waals surface area contributed by atoms with Crippen LogP contribution in [0.25, 0.3) is 0 Å². The number of hydrogen-bond donors (Lipinski definition) is 1. The first-order chi connectivity index (χ1) is 12.8. The minimum atomic E-state index is -0.643. The van der Waals surface area contributed by atoms with Crippen molar-refractivity contribution in [3.8, 4) is 0 Å². The van der Waals surface area contributed by atoms with Gasteiger partial charge in [-0.2, -0.15) is 0 Å². The van der Waals surface area contributed by atoms with Gasteiger partial charge in [-0.15, -0.1) is 0 Å². The average molecular weight is 372 g/mol. The first-order valence-corrected chi connectivity index (χ1v) is 9.18. The second-order valence-corrected chi connectivity index (χ2v) is 6.82. The van der Waals surface area contributed by atoms with Crippen LogP contribution in [-0.2, 0) is 26.6 Å². The van der Waals surface area contributed by atoms with Crippen molar-refractivity contribution >= 4 is 11.6 Å². The van der Waals surface area contributed by atoms with Gasteiger partial charge in [-0.05, 0) is 31.0 Å². The van der Waals surface area contributed by atoms with Gasteiger partial charge in [0, 0.05) is 20.1 Å². The Hall–Kier alpha value is -2.67. The number of likely N-dealkylation sites (N-methyl/N-ethyl adjacent to an activating group) is 1. The van der Waals surface area contributed by atoms with E-state index in [1.807, 2.05) is 31.0 Å². The molecule has 0 saturated heterocycles. The van der Waals surface area contributed by atoms with Crippen molar-refractivity contribution in [2.75, 3.05) is 19.3 Å². The van der Waals surface area contributed by atoms with Crippen molar-refractivity contribution in [2.45, 2.75) is 39.8 Å². The Bertz CT molecular complexity index is 926. The molecule has 2 N–H and O–H groups in total. The summed E-state index contributed by atoms with van der Waals surface area (Å²) >= 11 is 0. The van der Waals surface area contributed by atoms with E-state index < -0.39 is 11.2 Å². The maximum Gasteiger partial charge on any atom is 0.332 e. The molecule has 1 aromatic heterocycles. The van der Waals surface area contributed by atoms with Gasteiger partial charge in [0.05, 0.1) is 6.54 Å². The van der Waals surface area contributed by atoms with Gasteiger partial charge >= 0.3 is 5.69 Å². The van der Waals surface area contributed by atoms with Crippen LogP contribution in [-0.4, -0.2) is 33.4 Å². The highest BCUT2D eigenvalue weighted by Gasteiger charge is 2.22. The average Bonchev–Trinajstić information content (AvgIpc) is 2.64. The molecular weight excluding hydrogens is 344 g/mol. The number of nitrogens with zero attached hydrogens (tertiary/aromatic N) is 3. The van der Waals surface area contributed by atoms with Crippen molar-refractivity contribution in [1.82, 2.24) is 14.0 Å². The van der Waals surface area contributed by atoms with Gasteiger partial charge in [-0.25, -0.2) is 4.79 Å². The molecule has 2 aromatic rings. The number of ketones is 1. The number of hydrogen-bond acceptors (Lipinski definition) is 5. The molecule has 0 aliphatic rings. The quantitative estimate of drug-likeness (QED) is 0.708. The molecule has 0 fully saturated rings. The third-order valence-corrected chi connectivity index (χ3v) is 4.61. The molecule has 2 rings (SSSR count). The SMILES string of the molecule is CCCn1c(N)c(C(=O)CN(C)Cc2ccc(CC)cc2)c(=O)n(C)c1=O. The molecule has 7 heteroatoms. The Morgan fingerprint density at radius 3 is 2.26 bits per heavy atom. The molecule has 1 aromatic carbocycles. The Balaban J connectivity index is 2.24. The molecule has 0 aliphatic carbocycles. The van der Waals surface area contributed by atoms with Crippen LogP contribution in [0.5, 0.6) is 0 Å². The number of aryl methyl sites for hydroxylation is 1. The predicted molar refractivity (Wildman–Crippen MR) is 107 cm³/mol. The Morgan fingerprint density at radius 1 is 1.11 bits per heavy atom. The van der Waals surface area contributed by atoms with Crippen molar-refractivity contribution in [3.63, 3.8) is 0 Å². The fourth-order valence-corrected chi connectivity index (χ4v) is 3.06. The molecule has 1 heterocycles. The molecule has 0 radical (unpaired) electrons. The summed E-state index contributed by atoms with van der Waals surface area (Å²) in [5.74, 6) is -0.429. The molecule has 0 saturated carbocycles. The lowest BCUT2D eigenvalue weighted by Gasteiger charge is -2.18. The third kappa shape index (κ3) is 4.54. The largest absolute Gasteiger partial charge is 0.384 e. The van der Waals surface area contributed by atoms with Crippen molar-refractivity contribution in [2.24, 2.45) is 7.05 Å². The predicted octanol–water partition coefficient (Wildman–Crippen LogP) is 1.42. The Labute approximate surface area is 159 Å². The zero-order valence-corrected chi connectivity index (χ0v) is 16.5. The zero-order chi connectivity index (χ0) is 20.1. The molecule has 0 spiro atoms. The number of carbonyl (C=O) groups excluding carboxylic acids is 1. The van der Waals surface area contributed by atoms with Crippen LogP contribution in [0.4, 0.5) is 5.82 Å². The monoisotopic (exact) mass is 372 g/mol. The Kier molecular flexibility index (Phi) is 6.74. The summed E-state index contributed by atoms with van der Waals surface area (Å²) in [7, 11) is 3.18. The minimum Gasteiger partial charge on any atom is -0.384 e. The molecule has 7 nitrogen and oxygen atoms in total. The number of benzene rings is 1. The summed E-state index contributed by atoms with van der Waals surface area (Å²) in [4.78, 5) is 39.3. The highest BCUT2D eigenvalue weighted by molar-refractivity contribution is 6.01. The lowest BCUT2D eigenvalue weighted by Crippen LogP contribution is -2.43. The van der Waals surface area contributed by atoms with Gasteiger partial charge in [0.2, 0.25) is 0 Å². The van der Waals surface area contributed by atoms with Crippen LogP contribution in [0.3, 0.4) is 0 Å². The lowest BCUT2D eigenvalue weighted by molar-refractivity contribution is 0.0941. The molecule has 0 unspecified atom stereocenters. The van der Waals surface area contributed by atoms with Crippen LogP contribution < -0.4 is 17.0 Å². The fourth-order valence-electron chi connectivity index (χ4n) is 3.06. The van der Waals surface area contributed by atoms with Crippen LogP contribution in [0.2, 0.25) is 0 Å². The first-order valence-electron chi connectivity index (χ1n) is 9.18. The second-order valence-electron chi connectivity index (χ2n) is 6.82. The molecule has 27 heavy (non-hydrogen) atoms. The number of aromatic nitrogens is 2. The number of anilines is 1. The van der Waals surface area contributed by atoms with Crippen LogP contribution in [0.15, 0.2) is 33.9 Å². The first kappa shape index (κ1) is 20.6. The van der Waals surface area contributed by atoms with Gasteiger partial charge in [0.25, 0.3) is 5.56 Å². The van der Waals surface area contributed by atoms with Crippen LogP contribution in [0.1, 0.15) is 41.8 Å². The highest BCUT2D eigenvalue weighted by atomic mass is 16.2. The summed E-state index contributed by atoms with van der Waals surface area (Å²) in [6.45, 7) is 4.97. The van der Waals surface area contributed by atoms with E-state index in [-0.39, 0.29) is 23.7 Å². The normalized spacial score (nSPS) is 11.1. The molecule has 0 atom stereocenters. The molecule has 0 bridgehead atoms.